The fourth-order valence-electron chi connectivity index (χ4n) is 4.97. The Morgan fingerprint density at radius 2 is 2.00 bits per heavy atom. The van der Waals surface area contributed by atoms with E-state index in [0.717, 1.165) is 80.4 Å². The van der Waals surface area contributed by atoms with Crippen LogP contribution in [0.1, 0.15) is 66.5 Å². The average molecular weight is 543 g/mol. The number of imidazole rings is 1. The summed E-state index contributed by atoms with van der Waals surface area (Å²) in [6, 6.07) is 11.9. The van der Waals surface area contributed by atoms with Gasteiger partial charge in [0.05, 0.1) is 23.4 Å². The van der Waals surface area contributed by atoms with Gasteiger partial charge in [-0.25, -0.2) is 4.98 Å². The topological polar surface area (TPSA) is 103 Å². The smallest absolute Gasteiger partial charge is 0.237 e. The molecule has 8 heteroatoms. The number of carbonyl (C=O) groups is 2. The van der Waals surface area contributed by atoms with Crippen molar-refractivity contribution in [2.75, 3.05) is 27.2 Å². The molecule has 0 fully saturated rings. The number of carbonyl (C=O) groups excluding carboxylic acids is 2. The number of nitrogens with one attached hydrogen (secondary N) is 2. The van der Waals surface area contributed by atoms with Crippen molar-refractivity contribution >= 4 is 23.9 Å². The molecule has 1 aromatic carbocycles. The van der Waals surface area contributed by atoms with E-state index >= 15 is 0 Å². The zero-order valence-electron chi connectivity index (χ0n) is 23.9. The molecule has 2 aromatic heterocycles. The Morgan fingerprint density at radius 1 is 1.18 bits per heavy atom. The SMILES string of the molecule is C=Cc1ccc(CCCNCCCCCc2cn3ccc(C#N)cc3n2)cc1CN(C)C(CCC=O)C(=O)NC. The monoisotopic (exact) mass is 542 g/mol. The summed E-state index contributed by atoms with van der Waals surface area (Å²) in [5.74, 6) is -0.0722. The number of aromatic nitrogens is 2. The van der Waals surface area contributed by atoms with Crippen molar-refractivity contribution in [2.24, 2.45) is 0 Å². The largest absolute Gasteiger partial charge is 0.358 e. The van der Waals surface area contributed by atoms with E-state index in [1.54, 1.807) is 7.05 Å². The molecule has 40 heavy (non-hydrogen) atoms. The highest BCUT2D eigenvalue weighted by Gasteiger charge is 2.22. The molecule has 3 aromatic rings. The summed E-state index contributed by atoms with van der Waals surface area (Å²) < 4.78 is 1.97. The number of likely N-dealkylation sites (N-methyl/N-ethyl adjacent to an activating group) is 2. The lowest BCUT2D eigenvalue weighted by Crippen LogP contribution is -2.43. The van der Waals surface area contributed by atoms with Gasteiger partial charge in [0, 0.05) is 32.4 Å². The molecule has 1 amide bonds. The van der Waals surface area contributed by atoms with Crippen molar-refractivity contribution < 1.29 is 9.59 Å². The molecule has 3 rings (SSSR count). The maximum Gasteiger partial charge on any atom is 0.237 e. The first-order valence-corrected chi connectivity index (χ1v) is 14.2. The van der Waals surface area contributed by atoms with Crippen LogP contribution in [0.5, 0.6) is 0 Å². The number of aldehydes is 1. The first-order chi connectivity index (χ1) is 19.5. The number of fused-ring (bicyclic) bond motifs is 1. The highest BCUT2D eigenvalue weighted by Crippen LogP contribution is 2.19. The van der Waals surface area contributed by atoms with Gasteiger partial charge < -0.3 is 19.8 Å². The number of hydrogen-bond acceptors (Lipinski definition) is 6. The van der Waals surface area contributed by atoms with Gasteiger partial charge in [-0.2, -0.15) is 5.26 Å². The zero-order chi connectivity index (χ0) is 28.7. The van der Waals surface area contributed by atoms with Gasteiger partial charge in [-0.15, -0.1) is 0 Å². The zero-order valence-corrected chi connectivity index (χ0v) is 23.9. The van der Waals surface area contributed by atoms with Crippen molar-refractivity contribution in [3.63, 3.8) is 0 Å². The minimum Gasteiger partial charge on any atom is -0.358 e. The Morgan fingerprint density at radius 3 is 2.75 bits per heavy atom. The predicted octanol–water partition coefficient (Wildman–Crippen LogP) is 4.31. The van der Waals surface area contributed by atoms with E-state index in [1.807, 2.05) is 47.0 Å². The van der Waals surface area contributed by atoms with Crippen LogP contribution in [-0.4, -0.2) is 59.7 Å². The van der Waals surface area contributed by atoms with E-state index in [1.165, 1.54) is 5.56 Å². The third-order valence-corrected chi connectivity index (χ3v) is 7.23. The molecule has 0 radical (unpaired) electrons. The molecule has 2 heterocycles. The number of hydrogen-bond donors (Lipinski definition) is 2. The van der Waals surface area contributed by atoms with Crippen LogP contribution in [0.2, 0.25) is 0 Å². The van der Waals surface area contributed by atoms with Crippen LogP contribution in [0.15, 0.2) is 49.3 Å². The lowest BCUT2D eigenvalue weighted by molar-refractivity contribution is -0.126. The first-order valence-electron chi connectivity index (χ1n) is 14.2. The molecule has 0 saturated heterocycles. The summed E-state index contributed by atoms with van der Waals surface area (Å²) in [6.45, 7) is 6.54. The first kappa shape index (κ1) is 30.7. The second-order valence-corrected chi connectivity index (χ2v) is 10.2. The van der Waals surface area contributed by atoms with Crippen LogP contribution in [0.25, 0.3) is 11.7 Å². The van der Waals surface area contributed by atoms with Crippen LogP contribution in [0.3, 0.4) is 0 Å². The lowest BCUT2D eigenvalue weighted by atomic mass is 9.99. The molecule has 2 N–H and O–H groups in total. The van der Waals surface area contributed by atoms with Crippen LogP contribution in [0, 0.1) is 11.3 Å². The molecule has 1 atom stereocenters. The maximum atomic E-state index is 12.4. The summed E-state index contributed by atoms with van der Waals surface area (Å²) in [4.78, 5) is 29.9. The summed E-state index contributed by atoms with van der Waals surface area (Å²) >= 11 is 0. The van der Waals surface area contributed by atoms with Crippen LogP contribution in [-0.2, 0) is 29.0 Å². The van der Waals surface area contributed by atoms with E-state index < -0.39 is 0 Å². The second-order valence-electron chi connectivity index (χ2n) is 10.2. The fourth-order valence-corrected chi connectivity index (χ4v) is 4.97. The third-order valence-electron chi connectivity index (χ3n) is 7.23. The van der Waals surface area contributed by atoms with Gasteiger partial charge in [-0.1, -0.05) is 37.3 Å². The number of nitriles is 1. The van der Waals surface area contributed by atoms with Crippen LogP contribution < -0.4 is 10.6 Å². The number of rotatable bonds is 18. The van der Waals surface area contributed by atoms with Crippen molar-refractivity contribution in [1.82, 2.24) is 24.9 Å². The number of unbranched alkanes of at least 4 members (excludes halogenated alkanes) is 2. The van der Waals surface area contributed by atoms with E-state index in [9.17, 15) is 9.59 Å². The Hall–Kier alpha value is -3.80. The van der Waals surface area contributed by atoms with Crippen molar-refractivity contribution in [3.05, 3.63) is 77.3 Å². The standard InChI is InChI=1S/C32H42N6O2/c1-4-27-14-13-25(20-28(27)23-37(3)30(12-9-19-39)32(40)34-2)10-8-17-35-16-7-5-6-11-29-24-38-18-15-26(22-33)21-31(38)36-29/h4,13-15,18-21,24,30,35H,1,5-12,16-17,23H2,2-3H3,(H,34,40). The number of pyridine rings is 1. The summed E-state index contributed by atoms with van der Waals surface area (Å²) in [6.07, 6.45) is 13.9. The molecule has 0 spiro atoms. The fraction of sp³-hybridized carbons (Fsp3) is 0.438. The minimum absolute atomic E-state index is 0.0722. The Labute approximate surface area is 238 Å². The molecule has 0 bridgehead atoms. The molecule has 0 saturated carbocycles. The van der Waals surface area contributed by atoms with Crippen LogP contribution in [0.4, 0.5) is 0 Å². The average Bonchev–Trinajstić information content (AvgIpc) is 3.38. The van der Waals surface area contributed by atoms with Crippen molar-refractivity contribution in [3.8, 4) is 6.07 Å². The van der Waals surface area contributed by atoms with Gasteiger partial charge in [0.15, 0.2) is 0 Å². The number of aryl methyl sites for hydroxylation is 2. The molecular weight excluding hydrogens is 500 g/mol. The quantitative estimate of drug-likeness (QED) is 0.183. The van der Waals surface area contributed by atoms with E-state index in [2.05, 4.69) is 46.5 Å². The van der Waals surface area contributed by atoms with Gasteiger partial charge in [0.1, 0.15) is 11.9 Å². The number of benzene rings is 1. The summed E-state index contributed by atoms with van der Waals surface area (Å²) in [5, 5.41) is 15.3. The third kappa shape index (κ3) is 9.15. The normalized spacial score (nSPS) is 11.8. The molecule has 0 aliphatic carbocycles. The number of amides is 1. The van der Waals surface area contributed by atoms with Gasteiger partial charge in [0.2, 0.25) is 5.91 Å². The highest BCUT2D eigenvalue weighted by molar-refractivity contribution is 5.81. The maximum absolute atomic E-state index is 12.4. The van der Waals surface area contributed by atoms with Gasteiger partial charge in [-0.05, 0) is 87.5 Å². The van der Waals surface area contributed by atoms with Crippen molar-refractivity contribution in [2.45, 2.75) is 64.0 Å². The van der Waals surface area contributed by atoms with E-state index in [-0.39, 0.29) is 11.9 Å². The van der Waals surface area contributed by atoms with E-state index in [0.29, 0.717) is 24.9 Å². The highest BCUT2D eigenvalue weighted by atomic mass is 16.2. The van der Waals surface area contributed by atoms with Crippen molar-refractivity contribution in [1.29, 1.82) is 5.26 Å². The van der Waals surface area contributed by atoms with E-state index in [4.69, 9.17) is 5.26 Å². The summed E-state index contributed by atoms with van der Waals surface area (Å²) in [5.41, 5.74) is 6.01. The molecule has 212 valence electrons. The molecular formula is C32H42N6O2. The van der Waals surface area contributed by atoms with Gasteiger partial charge >= 0.3 is 0 Å². The van der Waals surface area contributed by atoms with Crippen LogP contribution >= 0.6 is 0 Å². The van der Waals surface area contributed by atoms with Gasteiger partial charge in [-0.3, -0.25) is 9.69 Å². The lowest BCUT2D eigenvalue weighted by Gasteiger charge is -2.27. The second kappa shape index (κ2) is 16.3. The molecule has 8 nitrogen and oxygen atoms in total. The molecule has 0 aliphatic rings. The predicted molar refractivity (Wildman–Crippen MR) is 160 cm³/mol. The molecule has 0 aliphatic heterocycles. The Balaban J connectivity index is 1.37. The Kier molecular flexibility index (Phi) is 12.6. The molecule has 1 unspecified atom stereocenters. The van der Waals surface area contributed by atoms with Gasteiger partial charge in [0.25, 0.3) is 0 Å². The Bertz CT molecular complexity index is 1310. The summed E-state index contributed by atoms with van der Waals surface area (Å²) in [7, 11) is 3.56. The number of nitrogens with zero attached hydrogens (tertiary/aromatic N) is 4. The minimum atomic E-state index is -0.349.